The number of amides is 1. The van der Waals surface area contributed by atoms with E-state index in [2.05, 4.69) is 42.5 Å². The van der Waals surface area contributed by atoms with Crippen molar-refractivity contribution in [3.05, 3.63) is 183 Å². The van der Waals surface area contributed by atoms with Crippen LogP contribution in [-0.4, -0.2) is 77.3 Å². The molecule has 1 fully saturated rings. The van der Waals surface area contributed by atoms with Crippen molar-refractivity contribution in [3.63, 3.8) is 0 Å². The normalized spacial score (nSPS) is 19.4. The van der Waals surface area contributed by atoms with Crippen LogP contribution >= 0.6 is 0 Å². The highest BCUT2D eigenvalue weighted by Crippen LogP contribution is 2.60. The first-order valence-corrected chi connectivity index (χ1v) is 25.5. The third-order valence-corrected chi connectivity index (χ3v) is 18.2. The molecule has 5 heterocycles. The molecule has 0 bridgehead atoms. The first kappa shape index (κ1) is 45.1. The van der Waals surface area contributed by atoms with Gasteiger partial charge < -0.3 is 29.0 Å². The minimum absolute atomic E-state index is 0.0957. The molecule has 0 radical (unpaired) electrons. The minimum Gasteiger partial charge on any atom is -0.497 e. The molecule has 1 saturated heterocycles. The van der Waals surface area contributed by atoms with Gasteiger partial charge in [0.05, 0.1) is 66.0 Å². The summed E-state index contributed by atoms with van der Waals surface area (Å²) in [5.41, 5.74) is 2.73. The van der Waals surface area contributed by atoms with Crippen LogP contribution in [0.5, 0.6) is 17.2 Å². The second-order valence-electron chi connectivity index (χ2n) is 17.8. The summed E-state index contributed by atoms with van der Waals surface area (Å²) in [6.45, 7) is 7.30. The molecule has 67 heavy (non-hydrogen) atoms. The predicted octanol–water partition coefficient (Wildman–Crippen LogP) is 6.58. The Morgan fingerprint density at radius 2 is 1.45 bits per heavy atom. The van der Waals surface area contributed by atoms with Crippen LogP contribution in [0.1, 0.15) is 41.6 Å². The SMILES string of the molecule is COc1ccc([Si](C)(C)[C@H]2[C@H](CCn3cc(C(CO)c4ccccc4)nn3)O[C@@]3(C(=O)N(Cc4cccc(-n5cccc(OC)c5=O)c4)c4ccc(-n5cccc(OC)c5=O)cc43)[C@@H]2C)cc1. The number of fused-ring (bicyclic) bond motifs is 2. The smallest absolute Gasteiger partial charge is 0.297 e. The van der Waals surface area contributed by atoms with Crippen molar-refractivity contribution in [2.75, 3.05) is 32.8 Å². The van der Waals surface area contributed by atoms with Crippen molar-refractivity contribution >= 4 is 24.9 Å². The van der Waals surface area contributed by atoms with Gasteiger partial charge in [-0.2, -0.15) is 0 Å². The second kappa shape index (κ2) is 18.3. The molecule has 15 heteroatoms. The van der Waals surface area contributed by atoms with Gasteiger partial charge in [-0.25, -0.2) is 0 Å². The monoisotopic (exact) mass is 918 g/mol. The zero-order valence-corrected chi connectivity index (χ0v) is 39.4. The number of pyridine rings is 2. The van der Waals surface area contributed by atoms with Crippen LogP contribution in [0.4, 0.5) is 5.69 Å². The molecule has 3 aromatic heterocycles. The Labute approximate surface area is 389 Å². The molecule has 4 aromatic carbocycles. The minimum atomic E-state index is -2.55. The Hall–Kier alpha value is -7.07. The van der Waals surface area contributed by atoms with Gasteiger partial charge in [-0.1, -0.05) is 85.0 Å². The van der Waals surface area contributed by atoms with Crippen molar-refractivity contribution in [1.29, 1.82) is 0 Å². The van der Waals surface area contributed by atoms with Crippen LogP contribution in [0.2, 0.25) is 18.6 Å². The highest BCUT2D eigenvalue weighted by molar-refractivity contribution is 6.91. The Morgan fingerprint density at radius 1 is 0.776 bits per heavy atom. The van der Waals surface area contributed by atoms with Gasteiger partial charge in [-0.15, -0.1) is 5.10 Å². The van der Waals surface area contributed by atoms with Gasteiger partial charge in [0.2, 0.25) is 0 Å². The van der Waals surface area contributed by atoms with Crippen molar-refractivity contribution in [2.24, 2.45) is 5.92 Å². The molecule has 344 valence electrons. The number of aliphatic hydroxyl groups is 1. The molecule has 1 spiro atoms. The van der Waals surface area contributed by atoms with Crippen LogP contribution in [-0.2, 0) is 28.2 Å². The molecule has 2 aliphatic rings. The van der Waals surface area contributed by atoms with Crippen LogP contribution in [0.15, 0.2) is 150 Å². The molecule has 1 N–H and O–H groups in total. The predicted molar refractivity (Wildman–Crippen MR) is 258 cm³/mol. The summed E-state index contributed by atoms with van der Waals surface area (Å²) in [5.74, 6) is 0.267. The summed E-state index contributed by atoms with van der Waals surface area (Å²) < 4.78 is 28.7. The molecular weight excluding hydrogens is 865 g/mol. The molecule has 2 aliphatic heterocycles. The number of anilines is 1. The van der Waals surface area contributed by atoms with E-state index >= 15 is 4.79 Å². The molecule has 0 saturated carbocycles. The summed E-state index contributed by atoms with van der Waals surface area (Å²) in [6.07, 6.45) is 5.35. The summed E-state index contributed by atoms with van der Waals surface area (Å²) in [5, 5.41) is 20.6. The number of methoxy groups -OCH3 is 3. The lowest BCUT2D eigenvalue weighted by molar-refractivity contribution is -0.146. The fourth-order valence-electron chi connectivity index (χ4n) is 10.4. The molecule has 14 nitrogen and oxygen atoms in total. The van der Waals surface area contributed by atoms with Crippen molar-refractivity contribution in [2.45, 2.75) is 62.7 Å². The number of ether oxygens (including phenoxy) is 4. The average Bonchev–Trinajstić information content (AvgIpc) is 4.01. The fourth-order valence-corrected chi connectivity index (χ4v) is 14.5. The Balaban J connectivity index is 1.15. The molecule has 7 aromatic rings. The lowest BCUT2D eigenvalue weighted by Crippen LogP contribution is -2.51. The number of benzene rings is 4. The summed E-state index contributed by atoms with van der Waals surface area (Å²) in [6, 6.07) is 38.0. The number of carbonyl (C=O) groups excluding carboxylic acids is 1. The van der Waals surface area contributed by atoms with Gasteiger partial charge in [0.25, 0.3) is 17.0 Å². The summed E-state index contributed by atoms with van der Waals surface area (Å²) in [4.78, 5) is 44.7. The molecule has 1 unspecified atom stereocenters. The highest BCUT2D eigenvalue weighted by Gasteiger charge is 2.66. The largest absolute Gasteiger partial charge is 0.497 e. The topological polar surface area (TPSA) is 152 Å². The van der Waals surface area contributed by atoms with E-state index in [1.54, 1.807) is 53.4 Å². The Kier molecular flexibility index (Phi) is 12.3. The second-order valence-corrected chi connectivity index (χ2v) is 22.5. The zero-order valence-electron chi connectivity index (χ0n) is 38.4. The summed E-state index contributed by atoms with van der Waals surface area (Å²) >= 11 is 0. The Morgan fingerprint density at radius 3 is 2.09 bits per heavy atom. The van der Waals surface area contributed by atoms with E-state index in [-0.39, 0.29) is 59.1 Å². The van der Waals surface area contributed by atoms with Gasteiger partial charge in [0, 0.05) is 48.0 Å². The zero-order chi connectivity index (χ0) is 47.0. The van der Waals surface area contributed by atoms with Crippen molar-refractivity contribution in [3.8, 4) is 28.6 Å². The number of hydrogen-bond donors (Lipinski definition) is 1. The maximum Gasteiger partial charge on any atom is 0.297 e. The maximum atomic E-state index is 15.9. The number of aryl methyl sites for hydroxylation is 1. The van der Waals surface area contributed by atoms with Crippen molar-refractivity contribution < 1.29 is 28.8 Å². The van der Waals surface area contributed by atoms with Gasteiger partial charge in [-0.3, -0.25) is 28.2 Å². The molecule has 5 atom stereocenters. The summed E-state index contributed by atoms with van der Waals surface area (Å²) in [7, 11) is 2.03. The van der Waals surface area contributed by atoms with Gasteiger partial charge in [-0.05, 0) is 89.8 Å². The van der Waals surface area contributed by atoms with E-state index < -0.39 is 19.8 Å². The van der Waals surface area contributed by atoms with E-state index in [1.807, 2.05) is 91.1 Å². The van der Waals surface area contributed by atoms with E-state index in [9.17, 15) is 14.7 Å². The number of hydrogen-bond acceptors (Lipinski definition) is 10. The average molecular weight is 919 g/mol. The number of aliphatic hydroxyl groups excluding tert-OH is 1. The fraction of sp³-hybridized carbons (Fsp3) is 0.288. The quantitative estimate of drug-likeness (QED) is 0.112. The highest BCUT2D eigenvalue weighted by atomic mass is 28.3. The lowest BCUT2D eigenvalue weighted by atomic mass is 9.82. The van der Waals surface area contributed by atoms with Crippen LogP contribution in [0.3, 0.4) is 0 Å². The number of carbonyl (C=O) groups is 1. The van der Waals surface area contributed by atoms with Crippen LogP contribution < -0.4 is 35.4 Å². The van der Waals surface area contributed by atoms with Crippen molar-refractivity contribution in [1.82, 2.24) is 24.1 Å². The van der Waals surface area contributed by atoms with Gasteiger partial charge in [0.1, 0.15) is 5.75 Å². The van der Waals surface area contributed by atoms with Gasteiger partial charge in [0.15, 0.2) is 17.1 Å². The molecule has 0 aliphatic carbocycles. The van der Waals surface area contributed by atoms with E-state index in [0.717, 1.165) is 16.9 Å². The van der Waals surface area contributed by atoms with E-state index in [4.69, 9.17) is 18.9 Å². The standard InChI is InChI=1S/C52H54N6O8Si/c1-34-48(67(5,6)40-22-20-39(63-2)21-23-40)45(25-28-55-32-43(53-54-55)41(33-59)36-14-8-7-9-15-36)66-52(34)42-30-38(57-27-12-18-47(65-4)50(57)61)19-24-44(42)58(51(52)62)31-35-13-10-16-37(29-35)56-26-11-17-46(64-3)49(56)60/h7-24,26-27,29-30,32,34,41,45,48,59H,25,28,31,33H2,1-6H3/t34-,41?,45+,48-,52+/m1/s1. The Bertz CT molecular complexity index is 3040. The maximum absolute atomic E-state index is 15.9. The third kappa shape index (κ3) is 7.96. The third-order valence-electron chi connectivity index (χ3n) is 13.8. The molecular formula is C52H54N6O8Si. The van der Waals surface area contributed by atoms with Gasteiger partial charge >= 0.3 is 0 Å². The van der Waals surface area contributed by atoms with E-state index in [1.165, 1.54) is 28.5 Å². The number of rotatable bonds is 15. The first-order chi connectivity index (χ1) is 32.4. The molecule has 9 rings (SSSR count). The lowest BCUT2D eigenvalue weighted by Gasteiger charge is -2.37. The van der Waals surface area contributed by atoms with Crippen LogP contribution in [0, 0.1) is 5.92 Å². The van der Waals surface area contributed by atoms with E-state index in [0.29, 0.717) is 41.3 Å². The number of nitrogens with zero attached hydrogens (tertiary/aromatic N) is 6. The molecule has 1 amide bonds. The number of aromatic nitrogens is 5. The first-order valence-electron chi connectivity index (χ1n) is 22.4. The van der Waals surface area contributed by atoms with Crippen LogP contribution in [0.25, 0.3) is 11.4 Å².